The minimum Gasteiger partial charge on any atom is -0.467 e. The molecule has 0 aliphatic carbocycles. The fourth-order valence-electron chi connectivity index (χ4n) is 3.10. The summed E-state index contributed by atoms with van der Waals surface area (Å²) in [5.74, 6) is 2.13. The Kier molecular flexibility index (Phi) is 5.45. The van der Waals surface area contributed by atoms with Gasteiger partial charge in [0.2, 0.25) is 0 Å². The minimum atomic E-state index is -0.768. The van der Waals surface area contributed by atoms with E-state index in [1.54, 1.807) is 17.0 Å². The van der Waals surface area contributed by atoms with Gasteiger partial charge in [0.05, 0.1) is 25.5 Å². The average molecular weight is 348 g/mol. The van der Waals surface area contributed by atoms with E-state index in [1.165, 1.54) is 6.26 Å². The zero-order valence-electron chi connectivity index (χ0n) is 14.5. The van der Waals surface area contributed by atoms with Crippen molar-refractivity contribution in [3.8, 4) is 0 Å². The number of amides is 2. The largest absolute Gasteiger partial charge is 0.467 e. The van der Waals surface area contributed by atoms with Gasteiger partial charge in [-0.25, -0.2) is 4.79 Å². The molecule has 1 saturated heterocycles. The van der Waals surface area contributed by atoms with Crippen molar-refractivity contribution in [2.75, 3.05) is 19.8 Å². The lowest BCUT2D eigenvalue weighted by Crippen LogP contribution is -2.52. The molecule has 0 aromatic carbocycles. The molecule has 2 atom stereocenters. The smallest absolute Gasteiger partial charge is 0.318 e. The first-order chi connectivity index (χ1) is 12.0. The van der Waals surface area contributed by atoms with Crippen LogP contribution in [-0.4, -0.2) is 41.8 Å². The number of ether oxygens (including phenoxy) is 1. The van der Waals surface area contributed by atoms with Crippen molar-refractivity contribution >= 4 is 6.03 Å². The van der Waals surface area contributed by atoms with Gasteiger partial charge in [-0.15, -0.1) is 0 Å². The van der Waals surface area contributed by atoms with Gasteiger partial charge in [-0.1, -0.05) is 0 Å². The normalized spacial score (nSPS) is 19.0. The van der Waals surface area contributed by atoms with E-state index in [1.807, 2.05) is 19.9 Å². The Labute approximate surface area is 146 Å². The number of morpholine rings is 1. The summed E-state index contributed by atoms with van der Waals surface area (Å²) in [6.45, 7) is 5.55. The average Bonchev–Trinajstić information content (AvgIpc) is 3.23. The van der Waals surface area contributed by atoms with Crippen molar-refractivity contribution in [3.05, 3.63) is 47.3 Å². The maximum Gasteiger partial charge on any atom is 0.318 e. The topological polar surface area (TPSA) is 88.1 Å². The summed E-state index contributed by atoms with van der Waals surface area (Å²) in [6.07, 6.45) is 1.12. The summed E-state index contributed by atoms with van der Waals surface area (Å²) in [5, 5.41) is 13.2. The van der Waals surface area contributed by atoms with Crippen LogP contribution in [0.4, 0.5) is 4.79 Å². The molecule has 0 bridgehead atoms. The molecular weight excluding hydrogens is 324 g/mol. The number of carbonyl (C=O) groups is 1. The SMILES string of the molecule is Cc1cc(CNC(=O)N2CCOC[C@H]2C[C@H](O)c2ccco2)c(C)o1. The van der Waals surface area contributed by atoms with Crippen LogP contribution < -0.4 is 5.32 Å². The van der Waals surface area contributed by atoms with Gasteiger partial charge in [-0.05, 0) is 32.0 Å². The number of hydrogen-bond acceptors (Lipinski definition) is 5. The third kappa shape index (κ3) is 4.24. The minimum absolute atomic E-state index is 0.168. The standard InChI is InChI=1S/C18H24N2O5/c1-12-8-14(13(2)25-12)10-19-18(22)20-5-7-23-11-15(20)9-16(21)17-4-3-6-24-17/h3-4,6,8,15-16,21H,5,7,9-11H2,1-2H3,(H,19,22)/t15-,16+/m1/s1. The molecule has 2 aromatic rings. The molecule has 2 aromatic heterocycles. The maximum absolute atomic E-state index is 12.6. The molecule has 136 valence electrons. The summed E-state index contributed by atoms with van der Waals surface area (Å²) >= 11 is 0. The fourth-order valence-corrected chi connectivity index (χ4v) is 3.10. The highest BCUT2D eigenvalue weighted by Gasteiger charge is 2.30. The van der Waals surface area contributed by atoms with Crippen molar-refractivity contribution < 1.29 is 23.5 Å². The highest BCUT2D eigenvalue weighted by atomic mass is 16.5. The third-order valence-electron chi connectivity index (χ3n) is 4.43. The summed E-state index contributed by atoms with van der Waals surface area (Å²) in [7, 11) is 0. The predicted octanol–water partition coefficient (Wildman–Crippen LogP) is 2.52. The molecule has 3 heterocycles. The van der Waals surface area contributed by atoms with Gasteiger partial charge in [-0.2, -0.15) is 0 Å². The second-order valence-electron chi connectivity index (χ2n) is 6.29. The van der Waals surface area contributed by atoms with Crippen LogP contribution in [0.1, 0.15) is 35.4 Å². The second-order valence-corrected chi connectivity index (χ2v) is 6.29. The number of urea groups is 1. The second kappa shape index (κ2) is 7.76. The fraction of sp³-hybridized carbons (Fsp3) is 0.500. The molecule has 1 aliphatic heterocycles. The summed E-state index contributed by atoms with van der Waals surface area (Å²) in [5.41, 5.74) is 0.964. The summed E-state index contributed by atoms with van der Waals surface area (Å²) in [4.78, 5) is 14.3. The lowest BCUT2D eigenvalue weighted by atomic mass is 10.1. The highest BCUT2D eigenvalue weighted by molar-refractivity contribution is 5.74. The Morgan fingerprint density at radius 3 is 3.00 bits per heavy atom. The first kappa shape index (κ1) is 17.6. The van der Waals surface area contributed by atoms with Crippen molar-refractivity contribution in [3.63, 3.8) is 0 Å². The first-order valence-electron chi connectivity index (χ1n) is 8.44. The molecular formula is C18H24N2O5. The summed E-state index contributed by atoms with van der Waals surface area (Å²) in [6, 6.07) is 5.00. The lowest BCUT2D eigenvalue weighted by Gasteiger charge is -2.36. The first-order valence-corrected chi connectivity index (χ1v) is 8.44. The van der Waals surface area contributed by atoms with Crippen LogP contribution in [-0.2, 0) is 11.3 Å². The van der Waals surface area contributed by atoms with Gasteiger partial charge >= 0.3 is 6.03 Å². The van der Waals surface area contributed by atoms with Crippen LogP contribution in [0.15, 0.2) is 33.3 Å². The number of carbonyl (C=O) groups excluding carboxylic acids is 1. The number of aryl methyl sites for hydroxylation is 2. The molecule has 0 radical (unpaired) electrons. The molecule has 7 nitrogen and oxygen atoms in total. The van der Waals surface area contributed by atoms with Crippen LogP contribution in [0, 0.1) is 13.8 Å². The van der Waals surface area contributed by atoms with Crippen molar-refractivity contribution in [2.45, 2.75) is 39.0 Å². The van der Waals surface area contributed by atoms with E-state index in [0.29, 0.717) is 38.5 Å². The van der Waals surface area contributed by atoms with Crippen molar-refractivity contribution in [2.24, 2.45) is 0 Å². The van der Waals surface area contributed by atoms with Crippen LogP contribution in [0.2, 0.25) is 0 Å². The maximum atomic E-state index is 12.6. The molecule has 2 amide bonds. The van der Waals surface area contributed by atoms with E-state index in [-0.39, 0.29) is 12.1 Å². The van der Waals surface area contributed by atoms with E-state index in [4.69, 9.17) is 13.6 Å². The number of nitrogens with zero attached hydrogens (tertiary/aromatic N) is 1. The van der Waals surface area contributed by atoms with Gasteiger partial charge in [0.25, 0.3) is 0 Å². The number of hydrogen-bond donors (Lipinski definition) is 2. The Bertz CT molecular complexity index is 694. The molecule has 3 rings (SSSR count). The monoisotopic (exact) mass is 348 g/mol. The molecule has 0 saturated carbocycles. The Morgan fingerprint density at radius 1 is 1.48 bits per heavy atom. The van der Waals surface area contributed by atoms with Crippen LogP contribution in [0.3, 0.4) is 0 Å². The Hall–Kier alpha value is -2.25. The Balaban J connectivity index is 1.59. The lowest BCUT2D eigenvalue weighted by molar-refractivity contribution is -0.00974. The number of aliphatic hydroxyl groups excluding tert-OH is 1. The molecule has 0 unspecified atom stereocenters. The molecule has 1 aliphatic rings. The van der Waals surface area contributed by atoms with Gasteiger partial charge in [0.15, 0.2) is 0 Å². The van der Waals surface area contributed by atoms with Gasteiger partial charge in [0, 0.05) is 25.1 Å². The molecule has 7 heteroatoms. The van der Waals surface area contributed by atoms with Gasteiger partial charge < -0.3 is 28.9 Å². The van der Waals surface area contributed by atoms with E-state index in [2.05, 4.69) is 5.32 Å². The van der Waals surface area contributed by atoms with Crippen molar-refractivity contribution in [1.82, 2.24) is 10.2 Å². The zero-order chi connectivity index (χ0) is 17.8. The van der Waals surface area contributed by atoms with E-state index in [0.717, 1.165) is 17.1 Å². The zero-order valence-corrected chi connectivity index (χ0v) is 14.5. The van der Waals surface area contributed by atoms with Gasteiger partial charge in [0.1, 0.15) is 23.4 Å². The van der Waals surface area contributed by atoms with E-state index in [9.17, 15) is 9.90 Å². The van der Waals surface area contributed by atoms with Crippen molar-refractivity contribution in [1.29, 1.82) is 0 Å². The highest BCUT2D eigenvalue weighted by Crippen LogP contribution is 2.23. The number of furan rings is 2. The predicted molar refractivity (Wildman–Crippen MR) is 90.0 cm³/mol. The molecule has 25 heavy (non-hydrogen) atoms. The third-order valence-corrected chi connectivity index (χ3v) is 4.43. The number of rotatable bonds is 5. The number of aliphatic hydroxyl groups is 1. The van der Waals surface area contributed by atoms with Crippen LogP contribution in [0.5, 0.6) is 0 Å². The molecule has 2 N–H and O–H groups in total. The number of nitrogens with one attached hydrogen (secondary N) is 1. The molecule has 0 spiro atoms. The van der Waals surface area contributed by atoms with Crippen LogP contribution >= 0.6 is 0 Å². The molecule has 1 fully saturated rings. The quantitative estimate of drug-likeness (QED) is 0.867. The van der Waals surface area contributed by atoms with E-state index < -0.39 is 6.10 Å². The van der Waals surface area contributed by atoms with E-state index >= 15 is 0 Å². The van der Waals surface area contributed by atoms with Crippen LogP contribution in [0.25, 0.3) is 0 Å². The van der Waals surface area contributed by atoms with Gasteiger partial charge in [-0.3, -0.25) is 0 Å². The Morgan fingerprint density at radius 2 is 2.32 bits per heavy atom. The summed E-state index contributed by atoms with van der Waals surface area (Å²) < 4.78 is 16.2.